The largest absolute Gasteiger partial charge is 0.381 e. The smallest absolute Gasteiger partial charge is 0.224 e. The third-order valence-electron chi connectivity index (χ3n) is 6.90. The minimum atomic E-state index is -0.264. The van der Waals surface area contributed by atoms with Crippen LogP contribution in [0.5, 0.6) is 0 Å². The Bertz CT molecular complexity index is 1320. The molecule has 188 valence electrons. The highest BCUT2D eigenvalue weighted by Crippen LogP contribution is 2.40. The molecule has 3 aromatic rings. The lowest BCUT2D eigenvalue weighted by Gasteiger charge is -2.29. The number of aromatic nitrogens is 4. The number of primary amides is 1. The van der Waals surface area contributed by atoms with Crippen molar-refractivity contribution >= 4 is 57.9 Å². The molecule has 3 heterocycles. The number of anilines is 3. The molecule has 1 amide bonds. The molecule has 10 nitrogen and oxygen atoms in total. The molecule has 0 spiro atoms. The lowest BCUT2D eigenvalue weighted by Crippen LogP contribution is -2.29. The molecule has 1 saturated carbocycles. The average molecular weight is 529 g/mol. The van der Waals surface area contributed by atoms with E-state index < -0.39 is 0 Å². The van der Waals surface area contributed by atoms with Gasteiger partial charge < -0.3 is 21.1 Å². The number of hydrogen-bond acceptors (Lipinski definition) is 8. The number of benzene rings is 1. The summed E-state index contributed by atoms with van der Waals surface area (Å²) >= 11 is 12.9. The summed E-state index contributed by atoms with van der Waals surface area (Å²) in [5.74, 6) is 0.614. The van der Waals surface area contributed by atoms with Crippen LogP contribution in [0.2, 0.25) is 10.0 Å². The second-order valence-electron chi connectivity index (χ2n) is 9.17. The highest BCUT2D eigenvalue weighted by molar-refractivity contribution is 6.40. The Morgan fingerprint density at radius 3 is 2.58 bits per heavy atom. The molecule has 2 aromatic heterocycles. The molecule has 5 rings (SSSR count). The van der Waals surface area contributed by atoms with E-state index >= 15 is 0 Å². The van der Waals surface area contributed by atoms with E-state index in [4.69, 9.17) is 43.6 Å². The third kappa shape index (κ3) is 4.91. The molecule has 0 radical (unpaired) electrons. The highest BCUT2D eigenvalue weighted by atomic mass is 35.5. The first kappa shape index (κ1) is 24.6. The van der Waals surface area contributed by atoms with Gasteiger partial charge in [-0.1, -0.05) is 23.2 Å². The predicted octanol–water partition coefficient (Wildman–Crippen LogP) is 4.56. The molecular weight excluding hydrogens is 503 g/mol. The van der Waals surface area contributed by atoms with Crippen molar-refractivity contribution in [2.24, 2.45) is 11.7 Å². The van der Waals surface area contributed by atoms with Crippen LogP contribution < -0.4 is 16.4 Å². The van der Waals surface area contributed by atoms with Crippen LogP contribution in [0.4, 0.5) is 17.6 Å². The van der Waals surface area contributed by atoms with Crippen LogP contribution in [0.25, 0.3) is 11.2 Å². The summed E-state index contributed by atoms with van der Waals surface area (Å²) in [6.45, 7) is 1.41. The average Bonchev–Trinajstić information content (AvgIpc) is 3.24. The molecule has 1 saturated heterocycles. The molecule has 0 unspecified atom stereocenters. The number of rotatable bonds is 6. The Balaban J connectivity index is 1.54. The van der Waals surface area contributed by atoms with Gasteiger partial charge in [-0.2, -0.15) is 10.2 Å². The summed E-state index contributed by atoms with van der Waals surface area (Å²) in [4.78, 5) is 25.8. The first-order valence-corrected chi connectivity index (χ1v) is 12.7. The SMILES string of the molecule is N#Cc1ccc(Cl)c(Nc2nc3cnc(NC4CCOCC4)nc3n2[C@H]2CC[C@H](C(N)=O)CC2)c1Cl. The molecule has 12 heteroatoms. The van der Waals surface area contributed by atoms with Crippen LogP contribution >= 0.6 is 23.2 Å². The van der Waals surface area contributed by atoms with Gasteiger partial charge >= 0.3 is 0 Å². The monoisotopic (exact) mass is 528 g/mol. The number of amides is 1. The zero-order valence-electron chi connectivity index (χ0n) is 19.5. The van der Waals surface area contributed by atoms with Crippen molar-refractivity contribution in [1.82, 2.24) is 19.5 Å². The Morgan fingerprint density at radius 2 is 1.89 bits per heavy atom. The molecule has 1 aromatic carbocycles. The van der Waals surface area contributed by atoms with E-state index in [0.717, 1.165) is 25.7 Å². The maximum absolute atomic E-state index is 11.7. The quantitative estimate of drug-likeness (QED) is 0.422. The first-order chi connectivity index (χ1) is 17.4. The Morgan fingerprint density at radius 1 is 1.14 bits per heavy atom. The molecule has 2 fully saturated rings. The zero-order valence-corrected chi connectivity index (χ0v) is 21.0. The molecular formula is C24H26Cl2N8O2. The second kappa shape index (κ2) is 10.5. The summed E-state index contributed by atoms with van der Waals surface area (Å²) in [5, 5.41) is 16.7. The number of nitrogens with one attached hydrogen (secondary N) is 2. The fourth-order valence-corrected chi connectivity index (χ4v) is 5.41. The number of nitriles is 1. The van der Waals surface area contributed by atoms with Crippen LogP contribution in [0.3, 0.4) is 0 Å². The minimum Gasteiger partial charge on any atom is -0.381 e. The molecule has 36 heavy (non-hydrogen) atoms. The van der Waals surface area contributed by atoms with Crippen LogP contribution in [0.1, 0.15) is 50.1 Å². The number of fused-ring (bicyclic) bond motifs is 1. The third-order valence-corrected chi connectivity index (χ3v) is 7.61. The number of halogens is 2. The van der Waals surface area contributed by atoms with Gasteiger partial charge in [-0.3, -0.25) is 9.36 Å². The summed E-state index contributed by atoms with van der Waals surface area (Å²) in [5.41, 5.74) is 7.53. The van der Waals surface area contributed by atoms with Crippen LogP contribution in [-0.2, 0) is 9.53 Å². The van der Waals surface area contributed by atoms with Crippen molar-refractivity contribution in [3.05, 3.63) is 33.9 Å². The van der Waals surface area contributed by atoms with E-state index in [0.29, 0.717) is 65.4 Å². The van der Waals surface area contributed by atoms with Gasteiger partial charge in [-0.05, 0) is 50.7 Å². The van der Waals surface area contributed by atoms with E-state index in [-0.39, 0.29) is 28.9 Å². The lowest BCUT2D eigenvalue weighted by atomic mass is 9.85. The Kier molecular flexibility index (Phi) is 7.14. The van der Waals surface area contributed by atoms with Crippen molar-refractivity contribution in [2.75, 3.05) is 23.8 Å². The Hall–Kier alpha value is -3.13. The fourth-order valence-electron chi connectivity index (χ4n) is 4.90. The highest BCUT2D eigenvalue weighted by Gasteiger charge is 2.30. The summed E-state index contributed by atoms with van der Waals surface area (Å²) in [6.07, 6.45) is 6.30. The fraction of sp³-hybridized carbons (Fsp3) is 0.458. The van der Waals surface area contributed by atoms with Gasteiger partial charge in [-0.25, -0.2) is 9.97 Å². The van der Waals surface area contributed by atoms with E-state index in [9.17, 15) is 10.1 Å². The number of nitrogens with two attached hydrogens (primary N) is 1. The van der Waals surface area contributed by atoms with E-state index in [1.54, 1.807) is 18.3 Å². The molecule has 1 aliphatic heterocycles. The van der Waals surface area contributed by atoms with Gasteiger partial charge in [0.25, 0.3) is 0 Å². The molecule has 1 aliphatic carbocycles. The molecule has 0 bridgehead atoms. The normalized spacial score (nSPS) is 20.7. The number of hydrogen-bond donors (Lipinski definition) is 3. The van der Waals surface area contributed by atoms with Gasteiger partial charge in [0.15, 0.2) is 5.65 Å². The van der Waals surface area contributed by atoms with Crippen molar-refractivity contribution in [1.29, 1.82) is 5.26 Å². The maximum Gasteiger partial charge on any atom is 0.224 e. The second-order valence-corrected chi connectivity index (χ2v) is 9.95. The minimum absolute atomic E-state index is 0.0237. The number of carbonyl (C=O) groups excluding carboxylic acids is 1. The van der Waals surface area contributed by atoms with Gasteiger partial charge in [0, 0.05) is 31.2 Å². The number of nitrogens with zero attached hydrogens (tertiary/aromatic N) is 5. The van der Waals surface area contributed by atoms with Gasteiger partial charge in [0.05, 0.1) is 27.5 Å². The summed E-state index contributed by atoms with van der Waals surface area (Å²) < 4.78 is 7.47. The molecule has 4 N–H and O–H groups in total. The number of imidazole rings is 1. The van der Waals surface area contributed by atoms with Crippen LogP contribution in [0, 0.1) is 17.2 Å². The predicted molar refractivity (Wildman–Crippen MR) is 137 cm³/mol. The van der Waals surface area contributed by atoms with E-state index in [2.05, 4.69) is 21.7 Å². The van der Waals surface area contributed by atoms with E-state index in [1.165, 1.54) is 0 Å². The van der Waals surface area contributed by atoms with Crippen molar-refractivity contribution in [2.45, 2.75) is 50.6 Å². The van der Waals surface area contributed by atoms with Gasteiger partial charge in [0.1, 0.15) is 11.6 Å². The van der Waals surface area contributed by atoms with Crippen molar-refractivity contribution in [3.8, 4) is 6.07 Å². The van der Waals surface area contributed by atoms with Gasteiger partial charge in [-0.15, -0.1) is 0 Å². The first-order valence-electron chi connectivity index (χ1n) is 12.0. The summed E-state index contributed by atoms with van der Waals surface area (Å²) in [7, 11) is 0. The van der Waals surface area contributed by atoms with Crippen molar-refractivity contribution in [3.63, 3.8) is 0 Å². The molecule has 0 atom stereocenters. The zero-order chi connectivity index (χ0) is 25.2. The maximum atomic E-state index is 11.7. The van der Waals surface area contributed by atoms with E-state index in [1.807, 2.05) is 4.57 Å². The summed E-state index contributed by atoms with van der Waals surface area (Å²) in [6, 6.07) is 5.53. The van der Waals surface area contributed by atoms with Crippen LogP contribution in [0.15, 0.2) is 18.3 Å². The topological polar surface area (TPSA) is 144 Å². The number of carbonyl (C=O) groups is 1. The standard InChI is InChI=1S/C24H26Cl2N8O2/c25-17-6-3-14(11-27)19(26)20(17)32-24-31-18-12-29-23(30-15-7-9-36-10-8-15)33-22(18)34(24)16-4-1-13(2-5-16)21(28)35/h3,6,12-13,15-16H,1-2,4-5,7-10H2,(H2,28,35)(H,31,32)(H,29,30,33)/t13-,16-. The lowest BCUT2D eigenvalue weighted by molar-refractivity contribution is -0.122. The number of ether oxygens (including phenoxy) is 1. The Labute approximate surface area is 218 Å². The van der Waals surface area contributed by atoms with Crippen LogP contribution in [-0.4, -0.2) is 44.7 Å². The van der Waals surface area contributed by atoms with Crippen molar-refractivity contribution < 1.29 is 9.53 Å². The van der Waals surface area contributed by atoms with Gasteiger partial charge in [0.2, 0.25) is 17.8 Å². The molecule has 2 aliphatic rings.